The summed E-state index contributed by atoms with van der Waals surface area (Å²) in [6, 6.07) is 7.83. The van der Waals surface area contributed by atoms with Gasteiger partial charge in [0.1, 0.15) is 18.1 Å². The number of fused-ring (bicyclic) bond motifs is 1. The second-order valence-electron chi connectivity index (χ2n) is 5.25. The Morgan fingerprint density at radius 1 is 1.40 bits per heavy atom. The molecule has 1 aromatic heterocycles. The summed E-state index contributed by atoms with van der Waals surface area (Å²) in [5.41, 5.74) is 1.06. The number of ketones is 1. The molecule has 3 rings (SSSR count). The van der Waals surface area contributed by atoms with Gasteiger partial charge in [0.05, 0.1) is 12.3 Å². The number of carbonyl (C=O) groups is 1. The van der Waals surface area contributed by atoms with E-state index < -0.39 is 0 Å². The number of ether oxygens (including phenoxy) is 1. The third kappa shape index (κ3) is 2.31. The van der Waals surface area contributed by atoms with Crippen molar-refractivity contribution in [3.05, 3.63) is 41.5 Å². The van der Waals surface area contributed by atoms with Gasteiger partial charge in [-0.3, -0.25) is 4.79 Å². The Hall–Kier alpha value is -2.17. The minimum atomic E-state index is -0.0270. The van der Waals surface area contributed by atoms with Crippen molar-refractivity contribution >= 4 is 5.78 Å². The molecule has 0 saturated carbocycles. The van der Waals surface area contributed by atoms with E-state index in [1.807, 2.05) is 38.1 Å². The Morgan fingerprint density at radius 3 is 3.00 bits per heavy atom. The van der Waals surface area contributed by atoms with Crippen LogP contribution in [-0.2, 0) is 11.2 Å². The zero-order chi connectivity index (χ0) is 14.1. The molecule has 1 aromatic carbocycles. The van der Waals surface area contributed by atoms with E-state index in [1.165, 1.54) is 0 Å². The molecule has 20 heavy (non-hydrogen) atoms. The maximum atomic E-state index is 11.7. The largest absolute Gasteiger partial charge is 0.492 e. The monoisotopic (exact) mass is 272 g/mol. The number of Topliss-reactive ketones (excluding diaryl/α,β-unsaturated/α-hetero) is 1. The summed E-state index contributed by atoms with van der Waals surface area (Å²) in [4.78, 5) is 16.0. The highest BCUT2D eigenvalue weighted by Crippen LogP contribution is 2.36. The molecule has 0 aliphatic carbocycles. The quantitative estimate of drug-likeness (QED) is 0.854. The van der Waals surface area contributed by atoms with Gasteiger partial charge in [0.25, 0.3) is 0 Å². The second-order valence-corrected chi connectivity index (χ2v) is 5.25. The molecule has 5 nitrogen and oxygen atoms in total. The van der Waals surface area contributed by atoms with Gasteiger partial charge < -0.3 is 9.26 Å². The normalized spacial score (nSPS) is 17.1. The zero-order valence-corrected chi connectivity index (χ0v) is 11.5. The van der Waals surface area contributed by atoms with Crippen molar-refractivity contribution in [3.63, 3.8) is 0 Å². The fourth-order valence-corrected chi connectivity index (χ4v) is 2.21. The number of hydrogen-bond donors (Lipinski definition) is 0. The van der Waals surface area contributed by atoms with E-state index in [2.05, 4.69) is 10.1 Å². The first-order valence-electron chi connectivity index (χ1n) is 6.72. The summed E-state index contributed by atoms with van der Waals surface area (Å²) in [6.07, 6.45) is 0.194. The van der Waals surface area contributed by atoms with Crippen molar-refractivity contribution in [3.8, 4) is 5.75 Å². The molecule has 0 bridgehead atoms. The van der Waals surface area contributed by atoms with Gasteiger partial charge in [-0.15, -0.1) is 0 Å². The molecule has 0 fully saturated rings. The Balaban J connectivity index is 1.80. The van der Waals surface area contributed by atoms with Gasteiger partial charge in [0.15, 0.2) is 5.82 Å². The number of benzene rings is 1. The second kappa shape index (κ2) is 5.07. The first-order chi connectivity index (χ1) is 9.65. The van der Waals surface area contributed by atoms with Crippen LogP contribution in [-0.4, -0.2) is 22.5 Å². The lowest BCUT2D eigenvalue weighted by atomic mass is 10.0. The number of hydrogen-bond acceptors (Lipinski definition) is 5. The average Bonchev–Trinajstić information content (AvgIpc) is 3.04. The number of rotatable bonds is 4. The third-order valence-corrected chi connectivity index (χ3v) is 3.46. The summed E-state index contributed by atoms with van der Waals surface area (Å²) in [6.45, 7) is 4.23. The molecule has 0 amide bonds. The van der Waals surface area contributed by atoms with Crippen molar-refractivity contribution in [2.75, 3.05) is 6.61 Å². The SMILES string of the molecule is CC(C)C(=O)Cc1nc(C2COc3ccccc32)no1. The molecular weight excluding hydrogens is 256 g/mol. The maximum absolute atomic E-state index is 11.7. The number of nitrogens with zero attached hydrogens (tertiary/aromatic N) is 2. The molecule has 2 aromatic rings. The van der Waals surface area contributed by atoms with Crippen LogP contribution in [0.2, 0.25) is 0 Å². The molecule has 1 unspecified atom stereocenters. The van der Waals surface area contributed by atoms with Gasteiger partial charge in [0, 0.05) is 11.5 Å². The summed E-state index contributed by atoms with van der Waals surface area (Å²) < 4.78 is 10.8. The van der Waals surface area contributed by atoms with E-state index in [-0.39, 0.29) is 24.0 Å². The van der Waals surface area contributed by atoms with Crippen LogP contribution in [0.15, 0.2) is 28.8 Å². The van der Waals surface area contributed by atoms with Crippen LogP contribution in [0.25, 0.3) is 0 Å². The average molecular weight is 272 g/mol. The van der Waals surface area contributed by atoms with Gasteiger partial charge in [-0.05, 0) is 6.07 Å². The molecule has 0 saturated heterocycles. The molecule has 1 atom stereocenters. The van der Waals surface area contributed by atoms with Crippen LogP contribution in [0.4, 0.5) is 0 Å². The lowest BCUT2D eigenvalue weighted by molar-refractivity contribution is -0.121. The van der Waals surface area contributed by atoms with E-state index in [1.54, 1.807) is 0 Å². The van der Waals surface area contributed by atoms with Crippen LogP contribution < -0.4 is 4.74 Å². The fourth-order valence-electron chi connectivity index (χ4n) is 2.21. The molecule has 2 heterocycles. The molecule has 0 spiro atoms. The summed E-state index contributed by atoms with van der Waals surface area (Å²) in [5.74, 6) is 1.88. The van der Waals surface area contributed by atoms with Gasteiger partial charge in [-0.1, -0.05) is 37.2 Å². The van der Waals surface area contributed by atoms with Crippen molar-refractivity contribution in [1.82, 2.24) is 10.1 Å². The predicted octanol–water partition coefficient (Wildman–Crippen LogP) is 2.36. The maximum Gasteiger partial charge on any atom is 0.234 e. The first-order valence-corrected chi connectivity index (χ1v) is 6.72. The van der Waals surface area contributed by atoms with E-state index in [4.69, 9.17) is 9.26 Å². The number of aromatic nitrogens is 2. The van der Waals surface area contributed by atoms with E-state index in [9.17, 15) is 4.79 Å². The minimum Gasteiger partial charge on any atom is -0.492 e. The van der Waals surface area contributed by atoms with Crippen LogP contribution in [0.5, 0.6) is 5.75 Å². The first kappa shape index (κ1) is 12.8. The van der Waals surface area contributed by atoms with Gasteiger partial charge in [-0.25, -0.2) is 0 Å². The smallest absolute Gasteiger partial charge is 0.234 e. The van der Waals surface area contributed by atoms with Crippen LogP contribution in [0, 0.1) is 5.92 Å². The van der Waals surface area contributed by atoms with Crippen LogP contribution in [0.3, 0.4) is 0 Å². The topological polar surface area (TPSA) is 65.2 Å². The highest BCUT2D eigenvalue weighted by Gasteiger charge is 2.29. The van der Waals surface area contributed by atoms with Gasteiger partial charge in [-0.2, -0.15) is 4.98 Å². The Labute approximate surface area is 116 Å². The number of para-hydroxylation sites is 1. The molecular formula is C15H16N2O3. The van der Waals surface area contributed by atoms with Gasteiger partial charge >= 0.3 is 0 Å². The highest BCUT2D eigenvalue weighted by molar-refractivity contribution is 5.81. The van der Waals surface area contributed by atoms with E-state index in [0.29, 0.717) is 18.3 Å². The Kier molecular flexibility index (Phi) is 3.26. The minimum absolute atomic E-state index is 0.0159. The summed E-state index contributed by atoms with van der Waals surface area (Å²) in [7, 11) is 0. The van der Waals surface area contributed by atoms with Crippen molar-refractivity contribution in [2.45, 2.75) is 26.2 Å². The third-order valence-electron chi connectivity index (χ3n) is 3.46. The van der Waals surface area contributed by atoms with Crippen LogP contribution in [0.1, 0.15) is 37.0 Å². The Bertz CT molecular complexity index is 634. The van der Waals surface area contributed by atoms with E-state index >= 15 is 0 Å². The van der Waals surface area contributed by atoms with Crippen molar-refractivity contribution < 1.29 is 14.1 Å². The Morgan fingerprint density at radius 2 is 2.20 bits per heavy atom. The molecule has 0 radical (unpaired) electrons. The van der Waals surface area contributed by atoms with Gasteiger partial charge in [0.2, 0.25) is 5.89 Å². The molecule has 5 heteroatoms. The lowest BCUT2D eigenvalue weighted by Gasteiger charge is -2.01. The van der Waals surface area contributed by atoms with Crippen molar-refractivity contribution in [2.24, 2.45) is 5.92 Å². The van der Waals surface area contributed by atoms with E-state index in [0.717, 1.165) is 11.3 Å². The fraction of sp³-hybridized carbons (Fsp3) is 0.400. The summed E-state index contributed by atoms with van der Waals surface area (Å²) >= 11 is 0. The molecule has 1 aliphatic rings. The standard InChI is InChI=1S/C15H16N2O3/c1-9(2)12(18)7-14-16-15(17-20-14)11-8-19-13-6-4-3-5-10(11)13/h3-6,9,11H,7-8H2,1-2H3. The predicted molar refractivity (Wildman–Crippen MR) is 71.6 cm³/mol. The van der Waals surface area contributed by atoms with Crippen molar-refractivity contribution in [1.29, 1.82) is 0 Å². The van der Waals surface area contributed by atoms with Crippen LogP contribution >= 0.6 is 0 Å². The highest BCUT2D eigenvalue weighted by atomic mass is 16.5. The molecule has 0 N–H and O–H groups in total. The summed E-state index contributed by atoms with van der Waals surface area (Å²) in [5, 5.41) is 3.99. The zero-order valence-electron chi connectivity index (χ0n) is 11.5. The molecule has 1 aliphatic heterocycles. The molecule has 104 valence electrons. The lowest BCUT2D eigenvalue weighted by Crippen LogP contribution is -2.10. The number of carbonyl (C=O) groups excluding carboxylic acids is 1.